The molecule has 3 N–H and O–H groups in total. The van der Waals surface area contributed by atoms with E-state index in [-0.39, 0.29) is 12.1 Å². The van der Waals surface area contributed by atoms with E-state index in [1.54, 1.807) is 18.4 Å². The van der Waals surface area contributed by atoms with Crippen LogP contribution in [-0.4, -0.2) is 26.6 Å². The summed E-state index contributed by atoms with van der Waals surface area (Å²) < 4.78 is 6.35. The number of carbonyl (C=O) groups is 1. The van der Waals surface area contributed by atoms with Gasteiger partial charge in [0.05, 0.1) is 34.7 Å². The predicted molar refractivity (Wildman–Crippen MR) is 103 cm³/mol. The van der Waals surface area contributed by atoms with Crippen molar-refractivity contribution in [3.05, 3.63) is 43.3 Å². The van der Waals surface area contributed by atoms with E-state index in [0.29, 0.717) is 0 Å². The van der Waals surface area contributed by atoms with Crippen molar-refractivity contribution in [3.8, 4) is 5.75 Å². The standard InChI is InChI=1S/C17H18IN3O2S/c1-21-6-5-10-13(8-21)24-17-14(10)16(22)19-15(20-17)9-3-4-12(23-2)11(18)7-9/h3-4,7,15,20H,5-6,8H2,1-2H3,(H,19,22)/p+1/t15-/m0/s1. The van der Waals surface area contributed by atoms with Gasteiger partial charge in [-0.2, -0.15) is 0 Å². The van der Waals surface area contributed by atoms with Crippen LogP contribution < -0.4 is 20.3 Å². The van der Waals surface area contributed by atoms with Gasteiger partial charge in [-0.05, 0) is 45.9 Å². The molecule has 1 aromatic heterocycles. The molecule has 1 aromatic carbocycles. The highest BCUT2D eigenvalue weighted by molar-refractivity contribution is 14.1. The second-order valence-electron chi connectivity index (χ2n) is 6.29. The molecule has 0 bridgehead atoms. The summed E-state index contributed by atoms with van der Waals surface area (Å²) in [7, 11) is 3.87. The molecule has 0 saturated heterocycles. The molecular weight excluding hydrogens is 437 g/mol. The van der Waals surface area contributed by atoms with Gasteiger partial charge in [0.2, 0.25) is 0 Å². The molecule has 2 aliphatic rings. The van der Waals surface area contributed by atoms with Crippen molar-refractivity contribution in [3.63, 3.8) is 0 Å². The van der Waals surface area contributed by atoms with Crippen molar-refractivity contribution in [2.45, 2.75) is 19.1 Å². The van der Waals surface area contributed by atoms with Gasteiger partial charge in [-0.3, -0.25) is 4.79 Å². The zero-order valence-corrected chi connectivity index (χ0v) is 16.5. The number of ether oxygens (including phenoxy) is 1. The van der Waals surface area contributed by atoms with Crippen molar-refractivity contribution in [1.82, 2.24) is 5.32 Å². The van der Waals surface area contributed by atoms with Crippen LogP contribution in [0.25, 0.3) is 0 Å². The second kappa shape index (κ2) is 6.20. The van der Waals surface area contributed by atoms with E-state index >= 15 is 0 Å². The zero-order chi connectivity index (χ0) is 16.8. The third kappa shape index (κ3) is 2.68. The number of likely N-dealkylation sites (N-methyl/N-ethyl adjacent to an activating group) is 1. The molecule has 126 valence electrons. The number of thiophene rings is 1. The molecule has 3 heterocycles. The van der Waals surface area contributed by atoms with Crippen LogP contribution in [0.3, 0.4) is 0 Å². The first-order chi connectivity index (χ1) is 11.6. The van der Waals surface area contributed by atoms with Gasteiger partial charge in [0, 0.05) is 6.42 Å². The fraction of sp³-hybridized carbons (Fsp3) is 0.353. The highest BCUT2D eigenvalue weighted by Gasteiger charge is 2.33. The highest BCUT2D eigenvalue weighted by Crippen LogP contribution is 2.39. The maximum atomic E-state index is 12.7. The Bertz CT molecular complexity index is 820. The number of carbonyl (C=O) groups excluding carboxylic acids is 1. The Morgan fingerprint density at radius 2 is 2.21 bits per heavy atom. The van der Waals surface area contributed by atoms with Crippen LogP contribution >= 0.6 is 33.9 Å². The summed E-state index contributed by atoms with van der Waals surface area (Å²) in [6.07, 6.45) is 0.780. The van der Waals surface area contributed by atoms with Crippen LogP contribution in [0.1, 0.15) is 32.5 Å². The molecule has 2 aromatic rings. The minimum Gasteiger partial charge on any atom is -0.496 e. The fourth-order valence-corrected chi connectivity index (χ4v) is 5.51. The number of fused-ring (bicyclic) bond motifs is 3. The first-order valence-electron chi connectivity index (χ1n) is 7.93. The average Bonchev–Trinajstić information content (AvgIpc) is 2.92. The Morgan fingerprint density at radius 1 is 1.38 bits per heavy atom. The Balaban J connectivity index is 1.67. The van der Waals surface area contributed by atoms with E-state index in [0.717, 1.165) is 45.0 Å². The van der Waals surface area contributed by atoms with Crippen molar-refractivity contribution < 1.29 is 14.4 Å². The molecule has 7 heteroatoms. The number of anilines is 1. The van der Waals surface area contributed by atoms with E-state index < -0.39 is 0 Å². The average molecular weight is 456 g/mol. The van der Waals surface area contributed by atoms with Crippen molar-refractivity contribution in [1.29, 1.82) is 0 Å². The van der Waals surface area contributed by atoms with Crippen LogP contribution in [0.2, 0.25) is 0 Å². The van der Waals surface area contributed by atoms with E-state index in [9.17, 15) is 4.79 Å². The molecule has 0 saturated carbocycles. The minimum atomic E-state index is -0.199. The molecule has 24 heavy (non-hydrogen) atoms. The third-order valence-corrected chi connectivity index (χ3v) is 6.65. The molecule has 2 atom stereocenters. The number of hydrogen-bond donors (Lipinski definition) is 3. The van der Waals surface area contributed by atoms with E-state index in [1.165, 1.54) is 15.3 Å². The molecule has 2 aliphatic heterocycles. The second-order valence-corrected chi connectivity index (χ2v) is 8.55. The first kappa shape index (κ1) is 16.2. The van der Waals surface area contributed by atoms with E-state index in [4.69, 9.17) is 4.74 Å². The number of hydrogen-bond acceptors (Lipinski definition) is 4. The van der Waals surface area contributed by atoms with Gasteiger partial charge >= 0.3 is 0 Å². The van der Waals surface area contributed by atoms with Gasteiger partial charge in [0.15, 0.2) is 0 Å². The summed E-state index contributed by atoms with van der Waals surface area (Å²) in [6, 6.07) is 5.99. The monoisotopic (exact) mass is 456 g/mol. The Morgan fingerprint density at radius 3 is 2.96 bits per heavy atom. The molecule has 0 fully saturated rings. The molecule has 5 nitrogen and oxygen atoms in total. The van der Waals surface area contributed by atoms with Crippen LogP contribution in [0.15, 0.2) is 18.2 Å². The van der Waals surface area contributed by atoms with Gasteiger partial charge < -0.3 is 20.3 Å². The number of halogens is 1. The normalized spacial score (nSPS) is 22.2. The molecule has 0 radical (unpaired) electrons. The Hall–Kier alpha value is -1.32. The first-order valence-corrected chi connectivity index (χ1v) is 9.83. The smallest absolute Gasteiger partial charge is 0.256 e. The molecule has 1 amide bonds. The predicted octanol–water partition coefficient (Wildman–Crippen LogP) is 1.79. The SMILES string of the molecule is COc1ccc([C@H]2NC(=O)c3c(sc4c3CC[NH+](C)C4)N2)cc1I. The summed E-state index contributed by atoms with van der Waals surface area (Å²) in [5, 5.41) is 7.63. The summed E-state index contributed by atoms with van der Waals surface area (Å²) in [5.74, 6) is 0.886. The largest absolute Gasteiger partial charge is 0.496 e. The van der Waals surface area contributed by atoms with E-state index in [1.807, 2.05) is 18.2 Å². The number of methoxy groups -OCH3 is 1. The van der Waals surface area contributed by atoms with Gasteiger partial charge in [-0.15, -0.1) is 11.3 Å². The lowest BCUT2D eigenvalue weighted by Gasteiger charge is -2.27. The van der Waals surface area contributed by atoms with Gasteiger partial charge in [-0.1, -0.05) is 6.07 Å². The minimum absolute atomic E-state index is 0.0385. The third-order valence-electron chi connectivity index (χ3n) is 4.64. The number of benzene rings is 1. The Labute approximate surface area is 158 Å². The molecule has 0 spiro atoms. The number of rotatable bonds is 2. The van der Waals surface area contributed by atoms with Crippen LogP contribution in [0, 0.1) is 3.57 Å². The quantitative estimate of drug-likeness (QED) is 0.605. The van der Waals surface area contributed by atoms with E-state index in [2.05, 4.69) is 40.3 Å². The van der Waals surface area contributed by atoms with Gasteiger partial charge in [0.25, 0.3) is 5.91 Å². The molecule has 4 rings (SSSR count). The summed E-state index contributed by atoms with van der Waals surface area (Å²) in [6.45, 7) is 2.09. The maximum Gasteiger partial charge on any atom is 0.256 e. The van der Waals surface area contributed by atoms with Crippen molar-refractivity contribution in [2.24, 2.45) is 0 Å². The lowest BCUT2D eigenvalue weighted by molar-refractivity contribution is -0.895. The summed E-state index contributed by atoms with van der Waals surface area (Å²) in [4.78, 5) is 15.6. The maximum absolute atomic E-state index is 12.7. The van der Waals surface area contributed by atoms with Gasteiger partial charge in [-0.25, -0.2) is 0 Å². The Kier molecular flexibility index (Phi) is 4.17. The number of nitrogens with one attached hydrogen (secondary N) is 3. The van der Waals surface area contributed by atoms with Crippen LogP contribution in [0.5, 0.6) is 5.75 Å². The lowest BCUT2D eigenvalue weighted by atomic mass is 10.0. The number of amides is 1. The zero-order valence-electron chi connectivity index (χ0n) is 13.5. The topological polar surface area (TPSA) is 54.8 Å². The van der Waals surface area contributed by atoms with Gasteiger partial charge in [0.1, 0.15) is 23.5 Å². The summed E-state index contributed by atoms with van der Waals surface area (Å²) >= 11 is 3.99. The molecular formula is C17H19IN3O2S+. The molecule has 0 aliphatic carbocycles. The van der Waals surface area contributed by atoms with Crippen molar-refractivity contribution in [2.75, 3.05) is 26.0 Å². The van der Waals surface area contributed by atoms with Crippen LogP contribution in [-0.2, 0) is 13.0 Å². The van der Waals surface area contributed by atoms with Crippen LogP contribution in [0.4, 0.5) is 5.00 Å². The fourth-order valence-electron chi connectivity index (χ4n) is 3.36. The highest BCUT2D eigenvalue weighted by atomic mass is 127. The number of quaternary nitrogens is 1. The summed E-state index contributed by atoms with van der Waals surface area (Å²) in [5.41, 5.74) is 3.14. The lowest BCUT2D eigenvalue weighted by Crippen LogP contribution is -3.08. The molecule has 1 unspecified atom stereocenters. The van der Waals surface area contributed by atoms with Crippen molar-refractivity contribution >= 4 is 44.8 Å².